The zero-order chi connectivity index (χ0) is 22.9. The molecular formula is C27H33N3O2. The molecule has 0 spiro atoms. The van der Waals surface area contributed by atoms with Crippen LogP contribution >= 0.6 is 0 Å². The maximum Gasteiger partial charge on any atom is 0.239 e. The largest absolute Gasteiger partial charge is 0.357 e. The van der Waals surface area contributed by atoms with Gasteiger partial charge in [0.2, 0.25) is 5.91 Å². The number of hydrogen-bond acceptors (Lipinski definition) is 4. The van der Waals surface area contributed by atoms with Gasteiger partial charge >= 0.3 is 0 Å². The van der Waals surface area contributed by atoms with Crippen molar-refractivity contribution in [2.45, 2.75) is 53.0 Å². The van der Waals surface area contributed by atoms with Crippen LogP contribution in [0, 0.1) is 12.3 Å². The van der Waals surface area contributed by atoms with Crippen molar-refractivity contribution in [2.24, 2.45) is 5.41 Å². The van der Waals surface area contributed by atoms with Gasteiger partial charge in [0.15, 0.2) is 5.78 Å². The number of hydrogen-bond donors (Lipinski definition) is 2. The Morgan fingerprint density at radius 1 is 1.12 bits per heavy atom. The third kappa shape index (κ3) is 4.43. The fourth-order valence-corrected chi connectivity index (χ4v) is 4.80. The summed E-state index contributed by atoms with van der Waals surface area (Å²) in [4.78, 5) is 28.6. The summed E-state index contributed by atoms with van der Waals surface area (Å²) in [6, 6.07) is 16.0. The van der Waals surface area contributed by atoms with Crippen molar-refractivity contribution in [1.82, 2.24) is 5.32 Å². The van der Waals surface area contributed by atoms with Crippen LogP contribution in [0.2, 0.25) is 0 Å². The molecule has 1 heterocycles. The first-order chi connectivity index (χ1) is 15.3. The van der Waals surface area contributed by atoms with E-state index in [1.807, 2.05) is 31.2 Å². The minimum atomic E-state index is -0.322. The second kappa shape index (κ2) is 8.81. The van der Waals surface area contributed by atoms with Gasteiger partial charge < -0.3 is 15.5 Å². The Kier molecular flexibility index (Phi) is 6.09. The number of anilines is 2. The molecule has 2 N–H and O–H groups in total. The molecule has 4 rings (SSSR count). The van der Waals surface area contributed by atoms with E-state index in [1.54, 1.807) is 0 Å². The normalized spacial score (nSPS) is 19.6. The average Bonchev–Trinajstić information content (AvgIpc) is 2.87. The van der Waals surface area contributed by atoms with E-state index in [0.717, 1.165) is 41.1 Å². The first kappa shape index (κ1) is 22.1. The number of fused-ring (bicyclic) bond motifs is 1. The number of ketones is 1. The van der Waals surface area contributed by atoms with Crippen LogP contribution in [0.4, 0.5) is 11.4 Å². The molecule has 2 aliphatic rings. The van der Waals surface area contributed by atoms with Gasteiger partial charge in [0.25, 0.3) is 0 Å². The van der Waals surface area contributed by atoms with Crippen LogP contribution in [0.25, 0.3) is 0 Å². The van der Waals surface area contributed by atoms with Crippen LogP contribution in [-0.4, -0.2) is 24.8 Å². The minimum Gasteiger partial charge on any atom is -0.357 e. The second-order valence-corrected chi connectivity index (χ2v) is 9.77. The Labute approximate surface area is 190 Å². The summed E-state index contributed by atoms with van der Waals surface area (Å²) in [5, 5.41) is 6.60. The molecule has 2 aromatic rings. The van der Waals surface area contributed by atoms with Gasteiger partial charge in [0.05, 0.1) is 24.0 Å². The molecule has 0 saturated carbocycles. The van der Waals surface area contributed by atoms with Gasteiger partial charge in [0, 0.05) is 24.2 Å². The van der Waals surface area contributed by atoms with Gasteiger partial charge in [-0.05, 0) is 42.9 Å². The summed E-state index contributed by atoms with van der Waals surface area (Å²) in [6.45, 7) is 9.21. The van der Waals surface area contributed by atoms with Crippen LogP contribution in [0.3, 0.4) is 0 Å². The van der Waals surface area contributed by atoms with Crippen LogP contribution in [0.1, 0.15) is 57.2 Å². The highest BCUT2D eigenvalue weighted by atomic mass is 16.2. The van der Waals surface area contributed by atoms with Crippen molar-refractivity contribution in [3.63, 3.8) is 0 Å². The summed E-state index contributed by atoms with van der Waals surface area (Å²) in [5.41, 5.74) is 5.71. The second-order valence-electron chi connectivity index (χ2n) is 9.77. The highest BCUT2D eigenvalue weighted by molar-refractivity contribution is 6.01. The molecule has 32 heavy (non-hydrogen) atoms. The zero-order valence-corrected chi connectivity index (χ0v) is 19.5. The third-order valence-corrected chi connectivity index (χ3v) is 6.28. The number of carbonyl (C=O) groups is 2. The Balaban J connectivity index is 1.90. The van der Waals surface area contributed by atoms with Gasteiger partial charge in [-0.25, -0.2) is 0 Å². The number of Topliss-reactive ketones (excluding diaryl/α,β-unsaturated/α-hetero) is 1. The van der Waals surface area contributed by atoms with Crippen molar-refractivity contribution in [3.8, 4) is 0 Å². The van der Waals surface area contributed by atoms with E-state index in [4.69, 9.17) is 0 Å². The van der Waals surface area contributed by atoms with E-state index in [2.05, 4.69) is 60.6 Å². The van der Waals surface area contributed by atoms with Crippen LogP contribution in [-0.2, 0) is 9.59 Å². The Hall–Kier alpha value is -3.08. The van der Waals surface area contributed by atoms with Crippen LogP contribution in [0.5, 0.6) is 0 Å². The molecule has 2 aromatic carbocycles. The number of para-hydroxylation sites is 2. The number of carbonyl (C=O) groups excluding carboxylic acids is 2. The van der Waals surface area contributed by atoms with E-state index < -0.39 is 0 Å². The van der Waals surface area contributed by atoms with E-state index in [-0.39, 0.29) is 29.7 Å². The van der Waals surface area contributed by atoms with E-state index >= 15 is 0 Å². The van der Waals surface area contributed by atoms with Gasteiger partial charge in [-0.15, -0.1) is 0 Å². The number of nitrogens with zero attached hydrogens (tertiary/aromatic N) is 1. The predicted octanol–water partition coefficient (Wildman–Crippen LogP) is 5.14. The topological polar surface area (TPSA) is 61.4 Å². The van der Waals surface area contributed by atoms with Gasteiger partial charge in [-0.2, -0.15) is 0 Å². The Morgan fingerprint density at radius 3 is 2.56 bits per heavy atom. The lowest BCUT2D eigenvalue weighted by atomic mass is 9.73. The summed E-state index contributed by atoms with van der Waals surface area (Å²) in [6.07, 6.45) is 2.18. The number of allylic oxidation sites excluding steroid dienone is 1. The maximum absolute atomic E-state index is 13.6. The number of nitrogens with one attached hydrogen (secondary N) is 2. The first-order valence-electron chi connectivity index (χ1n) is 11.5. The lowest BCUT2D eigenvalue weighted by Crippen LogP contribution is -2.42. The molecule has 0 saturated heterocycles. The van der Waals surface area contributed by atoms with E-state index in [1.165, 1.54) is 5.56 Å². The molecule has 1 atom stereocenters. The number of rotatable bonds is 5. The highest BCUT2D eigenvalue weighted by Crippen LogP contribution is 2.48. The average molecular weight is 432 g/mol. The van der Waals surface area contributed by atoms with Crippen molar-refractivity contribution in [2.75, 3.05) is 23.3 Å². The van der Waals surface area contributed by atoms with Gasteiger partial charge in [-0.3, -0.25) is 9.59 Å². The Bertz CT molecular complexity index is 1050. The summed E-state index contributed by atoms with van der Waals surface area (Å²) in [5.74, 6) is 0.118. The molecule has 168 valence electrons. The smallest absolute Gasteiger partial charge is 0.239 e. The van der Waals surface area contributed by atoms with Crippen molar-refractivity contribution in [1.29, 1.82) is 0 Å². The number of benzene rings is 2. The first-order valence-corrected chi connectivity index (χ1v) is 11.5. The molecular weight excluding hydrogens is 398 g/mol. The van der Waals surface area contributed by atoms with E-state index in [0.29, 0.717) is 13.0 Å². The third-order valence-electron chi connectivity index (χ3n) is 6.28. The number of amides is 1. The molecule has 0 unspecified atom stereocenters. The minimum absolute atomic E-state index is 0.0357. The van der Waals surface area contributed by atoms with Crippen LogP contribution < -0.4 is 15.5 Å². The quantitative estimate of drug-likeness (QED) is 0.688. The van der Waals surface area contributed by atoms with Crippen LogP contribution in [0.15, 0.2) is 59.8 Å². The predicted molar refractivity (Wildman–Crippen MR) is 130 cm³/mol. The maximum atomic E-state index is 13.6. The molecule has 0 bridgehead atoms. The molecule has 0 aromatic heterocycles. The fraction of sp³-hybridized carbons (Fsp3) is 0.407. The Morgan fingerprint density at radius 2 is 1.84 bits per heavy atom. The van der Waals surface area contributed by atoms with Crippen molar-refractivity contribution in [3.05, 3.63) is 70.9 Å². The van der Waals surface area contributed by atoms with Crippen molar-refractivity contribution >= 4 is 23.1 Å². The lowest BCUT2D eigenvalue weighted by Gasteiger charge is -2.38. The highest BCUT2D eigenvalue weighted by Gasteiger charge is 2.41. The molecule has 5 heteroatoms. The zero-order valence-electron chi connectivity index (χ0n) is 19.5. The molecule has 0 fully saturated rings. The standard InChI is InChI=1S/C27H33N3O2/c1-5-14-28-24(32)17-30-22-9-7-6-8-20(22)29-21-15-27(3,4)16-23(31)25(21)26(30)19-12-10-18(2)11-13-19/h6-13,26,29H,5,14-17H2,1-4H3,(H,28,32)/t26-/m0/s1. The van der Waals surface area contributed by atoms with E-state index in [9.17, 15) is 9.59 Å². The molecule has 1 aliphatic heterocycles. The SMILES string of the molecule is CCCNC(=O)CN1c2ccccc2NC2=C(C(=O)CC(C)(C)C2)[C@@H]1c1ccc(C)cc1. The summed E-state index contributed by atoms with van der Waals surface area (Å²) >= 11 is 0. The monoisotopic (exact) mass is 431 g/mol. The van der Waals surface area contributed by atoms with Crippen molar-refractivity contribution < 1.29 is 9.59 Å². The summed E-state index contributed by atoms with van der Waals surface area (Å²) in [7, 11) is 0. The molecule has 1 aliphatic carbocycles. The molecule has 1 amide bonds. The van der Waals surface area contributed by atoms with Gasteiger partial charge in [0.1, 0.15) is 0 Å². The molecule has 0 radical (unpaired) electrons. The lowest BCUT2D eigenvalue weighted by molar-refractivity contribution is -0.120. The van der Waals surface area contributed by atoms with Gasteiger partial charge in [-0.1, -0.05) is 62.7 Å². The number of aryl methyl sites for hydroxylation is 1. The summed E-state index contributed by atoms with van der Waals surface area (Å²) < 4.78 is 0. The fourth-order valence-electron chi connectivity index (χ4n) is 4.80. The molecule has 5 nitrogen and oxygen atoms in total.